The average Bonchev–Trinajstić information content (AvgIpc) is 2.33. The predicted molar refractivity (Wildman–Crippen MR) is 73.6 cm³/mol. The Bertz CT molecular complexity index is 393. The van der Waals surface area contributed by atoms with Gasteiger partial charge in [-0.2, -0.15) is 0 Å². The van der Waals surface area contributed by atoms with Gasteiger partial charge in [-0.05, 0) is 30.0 Å². The number of carbonyl (C=O) groups is 1. The molecule has 18 heavy (non-hydrogen) atoms. The van der Waals surface area contributed by atoms with Crippen LogP contribution in [-0.4, -0.2) is 19.1 Å². The number of ether oxygens (including phenoxy) is 1. The summed E-state index contributed by atoms with van der Waals surface area (Å²) < 4.78 is 4.80. The van der Waals surface area contributed by atoms with Gasteiger partial charge in [0.05, 0.1) is 7.11 Å². The minimum absolute atomic E-state index is 0.217. The van der Waals surface area contributed by atoms with Gasteiger partial charge in [-0.1, -0.05) is 37.6 Å². The highest BCUT2D eigenvalue weighted by Gasteiger charge is 2.19. The van der Waals surface area contributed by atoms with Crippen molar-refractivity contribution in [3.05, 3.63) is 34.9 Å². The molecule has 1 rings (SSSR count). The number of benzene rings is 1. The van der Waals surface area contributed by atoms with Crippen molar-refractivity contribution < 1.29 is 9.53 Å². The first-order valence-corrected chi connectivity index (χ1v) is 6.46. The number of nitrogens with one attached hydrogen (secondary N) is 1. The number of rotatable bonds is 6. The van der Waals surface area contributed by atoms with Gasteiger partial charge in [0.1, 0.15) is 6.04 Å². The van der Waals surface area contributed by atoms with Crippen LogP contribution in [0, 0.1) is 5.92 Å². The molecular formula is C14H20ClNO2. The minimum atomic E-state index is -0.269. The first-order chi connectivity index (χ1) is 8.52. The number of carbonyl (C=O) groups excluding carboxylic acids is 1. The van der Waals surface area contributed by atoms with E-state index in [9.17, 15) is 4.79 Å². The molecule has 0 saturated heterocycles. The van der Waals surface area contributed by atoms with Gasteiger partial charge >= 0.3 is 5.97 Å². The summed E-state index contributed by atoms with van der Waals surface area (Å²) in [5.41, 5.74) is 1.06. The zero-order chi connectivity index (χ0) is 13.5. The summed E-state index contributed by atoms with van der Waals surface area (Å²) in [6.45, 7) is 4.76. The normalized spacial score (nSPS) is 12.5. The van der Waals surface area contributed by atoms with Crippen molar-refractivity contribution in [3.63, 3.8) is 0 Å². The van der Waals surface area contributed by atoms with Crippen LogP contribution in [0.5, 0.6) is 0 Å². The van der Waals surface area contributed by atoms with Crippen LogP contribution in [0.25, 0.3) is 0 Å². The maximum atomic E-state index is 11.6. The fraction of sp³-hybridized carbons (Fsp3) is 0.500. The number of esters is 1. The van der Waals surface area contributed by atoms with Crippen LogP contribution in [0.1, 0.15) is 25.8 Å². The van der Waals surface area contributed by atoms with Crippen molar-refractivity contribution in [2.24, 2.45) is 5.92 Å². The first-order valence-electron chi connectivity index (χ1n) is 6.08. The molecule has 0 bridgehead atoms. The zero-order valence-corrected chi connectivity index (χ0v) is 11.8. The van der Waals surface area contributed by atoms with Gasteiger partial charge in [0, 0.05) is 11.6 Å². The van der Waals surface area contributed by atoms with Crippen LogP contribution >= 0.6 is 11.6 Å². The molecule has 0 aliphatic heterocycles. The zero-order valence-electron chi connectivity index (χ0n) is 11.1. The van der Waals surface area contributed by atoms with Crippen LogP contribution in [0.2, 0.25) is 5.02 Å². The molecule has 0 amide bonds. The van der Waals surface area contributed by atoms with Crippen LogP contribution in [0.4, 0.5) is 0 Å². The second-order valence-corrected chi connectivity index (χ2v) is 5.15. The third kappa shape index (κ3) is 5.07. The number of hydrogen-bond acceptors (Lipinski definition) is 3. The fourth-order valence-electron chi connectivity index (χ4n) is 1.76. The summed E-state index contributed by atoms with van der Waals surface area (Å²) >= 11 is 5.91. The number of methoxy groups -OCH3 is 1. The van der Waals surface area contributed by atoms with Crippen molar-refractivity contribution in [1.29, 1.82) is 0 Å². The topological polar surface area (TPSA) is 38.3 Å². The highest BCUT2D eigenvalue weighted by molar-refractivity contribution is 6.30. The van der Waals surface area contributed by atoms with Crippen molar-refractivity contribution >= 4 is 17.6 Å². The van der Waals surface area contributed by atoms with E-state index >= 15 is 0 Å². The van der Waals surface area contributed by atoms with Gasteiger partial charge in [-0.3, -0.25) is 4.79 Å². The molecule has 0 fully saturated rings. The van der Waals surface area contributed by atoms with E-state index in [1.165, 1.54) is 7.11 Å². The molecule has 1 aromatic rings. The van der Waals surface area contributed by atoms with Crippen LogP contribution in [-0.2, 0) is 16.1 Å². The highest BCUT2D eigenvalue weighted by Crippen LogP contribution is 2.12. The SMILES string of the molecule is COC(=O)C(CC(C)C)NCc1cccc(Cl)c1. The largest absolute Gasteiger partial charge is 0.468 e. The molecular weight excluding hydrogens is 250 g/mol. The Balaban J connectivity index is 2.58. The molecule has 0 spiro atoms. The molecule has 1 unspecified atom stereocenters. The van der Waals surface area contributed by atoms with E-state index in [2.05, 4.69) is 19.2 Å². The lowest BCUT2D eigenvalue weighted by atomic mass is 10.0. The second kappa shape index (κ2) is 7.39. The summed E-state index contributed by atoms with van der Waals surface area (Å²) in [7, 11) is 1.41. The van der Waals surface area contributed by atoms with E-state index < -0.39 is 0 Å². The summed E-state index contributed by atoms with van der Waals surface area (Å²) in [5.74, 6) is 0.215. The van der Waals surface area contributed by atoms with Crippen molar-refractivity contribution in [3.8, 4) is 0 Å². The molecule has 0 heterocycles. The van der Waals surface area contributed by atoms with Gasteiger partial charge in [-0.15, -0.1) is 0 Å². The van der Waals surface area contributed by atoms with E-state index in [-0.39, 0.29) is 12.0 Å². The lowest BCUT2D eigenvalue weighted by Gasteiger charge is -2.18. The fourth-order valence-corrected chi connectivity index (χ4v) is 1.98. The molecule has 1 aromatic carbocycles. The monoisotopic (exact) mass is 269 g/mol. The maximum Gasteiger partial charge on any atom is 0.322 e. The lowest BCUT2D eigenvalue weighted by molar-refractivity contribution is -0.143. The average molecular weight is 270 g/mol. The van der Waals surface area contributed by atoms with E-state index in [0.717, 1.165) is 12.0 Å². The Morgan fingerprint density at radius 2 is 2.17 bits per heavy atom. The quantitative estimate of drug-likeness (QED) is 0.807. The minimum Gasteiger partial charge on any atom is -0.468 e. The molecule has 0 aliphatic carbocycles. The van der Waals surface area contributed by atoms with Gasteiger partial charge in [0.2, 0.25) is 0 Å². The summed E-state index contributed by atoms with van der Waals surface area (Å²) in [5, 5.41) is 3.91. The van der Waals surface area contributed by atoms with Crippen LogP contribution in [0.3, 0.4) is 0 Å². The van der Waals surface area contributed by atoms with Crippen molar-refractivity contribution in [2.75, 3.05) is 7.11 Å². The molecule has 100 valence electrons. The van der Waals surface area contributed by atoms with Gasteiger partial charge in [0.15, 0.2) is 0 Å². The molecule has 1 N–H and O–H groups in total. The Morgan fingerprint density at radius 3 is 2.72 bits per heavy atom. The van der Waals surface area contributed by atoms with Crippen molar-refractivity contribution in [2.45, 2.75) is 32.9 Å². The van der Waals surface area contributed by atoms with E-state index in [0.29, 0.717) is 17.5 Å². The lowest BCUT2D eigenvalue weighted by Crippen LogP contribution is -2.38. The molecule has 0 aliphatic rings. The highest BCUT2D eigenvalue weighted by atomic mass is 35.5. The predicted octanol–water partition coefficient (Wildman–Crippen LogP) is 3.02. The number of halogens is 1. The third-order valence-electron chi connectivity index (χ3n) is 2.63. The number of hydrogen-bond donors (Lipinski definition) is 1. The van der Waals surface area contributed by atoms with Crippen molar-refractivity contribution in [1.82, 2.24) is 5.32 Å². The van der Waals surface area contributed by atoms with Crippen LogP contribution in [0.15, 0.2) is 24.3 Å². The summed E-state index contributed by atoms with van der Waals surface area (Å²) in [4.78, 5) is 11.6. The second-order valence-electron chi connectivity index (χ2n) is 4.72. The van der Waals surface area contributed by atoms with Crippen LogP contribution < -0.4 is 5.32 Å². The summed E-state index contributed by atoms with van der Waals surface area (Å²) in [6.07, 6.45) is 0.757. The Hall–Kier alpha value is -1.06. The molecule has 3 nitrogen and oxygen atoms in total. The maximum absolute atomic E-state index is 11.6. The molecule has 1 atom stereocenters. The summed E-state index contributed by atoms with van der Waals surface area (Å²) in [6, 6.07) is 7.32. The molecule has 0 saturated carbocycles. The Kier molecular flexibility index (Phi) is 6.16. The first kappa shape index (κ1) is 15.0. The molecule has 0 aromatic heterocycles. The third-order valence-corrected chi connectivity index (χ3v) is 2.87. The standard InChI is InChI=1S/C14H20ClNO2/c1-10(2)7-13(14(17)18-3)16-9-11-5-4-6-12(15)8-11/h4-6,8,10,13,16H,7,9H2,1-3H3. The van der Waals surface area contributed by atoms with E-state index in [4.69, 9.17) is 16.3 Å². The van der Waals surface area contributed by atoms with E-state index in [1.807, 2.05) is 24.3 Å². The molecule has 4 heteroatoms. The van der Waals surface area contributed by atoms with E-state index in [1.54, 1.807) is 0 Å². The van der Waals surface area contributed by atoms with Gasteiger partial charge < -0.3 is 10.1 Å². The van der Waals surface area contributed by atoms with Gasteiger partial charge in [0.25, 0.3) is 0 Å². The Morgan fingerprint density at radius 1 is 1.44 bits per heavy atom. The molecule has 0 radical (unpaired) electrons. The Labute approximate surface area is 113 Å². The smallest absolute Gasteiger partial charge is 0.322 e. The van der Waals surface area contributed by atoms with Gasteiger partial charge in [-0.25, -0.2) is 0 Å².